The molecule has 2 aromatic heterocycles. The highest BCUT2D eigenvalue weighted by Gasteiger charge is 2.21. The van der Waals surface area contributed by atoms with Crippen LogP contribution in [0.1, 0.15) is 10.5 Å². The van der Waals surface area contributed by atoms with Gasteiger partial charge < -0.3 is 9.47 Å². The lowest BCUT2D eigenvalue weighted by Crippen LogP contribution is -2.08. The van der Waals surface area contributed by atoms with E-state index < -0.39 is 11.8 Å². The van der Waals surface area contributed by atoms with Crippen molar-refractivity contribution in [3.8, 4) is 17.1 Å². The van der Waals surface area contributed by atoms with Crippen LogP contribution in [-0.4, -0.2) is 35.1 Å². The number of hydrogen-bond donors (Lipinski definition) is 0. The summed E-state index contributed by atoms with van der Waals surface area (Å²) in [5.74, 6) is -1.54. The van der Waals surface area contributed by atoms with Crippen molar-refractivity contribution in [1.29, 1.82) is 0 Å². The van der Waals surface area contributed by atoms with Gasteiger partial charge in [-0.1, -0.05) is 11.6 Å². The third kappa shape index (κ3) is 2.63. The third-order valence-corrected chi connectivity index (χ3v) is 3.64. The van der Waals surface area contributed by atoms with Gasteiger partial charge in [0.05, 0.1) is 30.2 Å². The largest absolute Gasteiger partial charge is 0.492 e. The van der Waals surface area contributed by atoms with Gasteiger partial charge in [0.15, 0.2) is 28.7 Å². The lowest BCUT2D eigenvalue weighted by atomic mass is 10.1. The first-order valence-electron chi connectivity index (χ1n) is 6.80. The van der Waals surface area contributed by atoms with Crippen LogP contribution in [0.25, 0.3) is 22.4 Å². The summed E-state index contributed by atoms with van der Waals surface area (Å²) >= 11 is 5.90. The molecule has 8 heteroatoms. The molecule has 3 rings (SSSR count). The summed E-state index contributed by atoms with van der Waals surface area (Å²) in [6.45, 7) is 0. The second-order valence-corrected chi connectivity index (χ2v) is 5.11. The van der Waals surface area contributed by atoms with Gasteiger partial charge in [-0.25, -0.2) is 24.1 Å². The van der Waals surface area contributed by atoms with E-state index in [4.69, 9.17) is 21.1 Å². The number of methoxy groups -OCH3 is 2. The normalized spacial score (nSPS) is 10.7. The Hall–Kier alpha value is -2.80. The minimum Gasteiger partial charge on any atom is -0.492 e. The summed E-state index contributed by atoms with van der Waals surface area (Å²) in [5, 5.41) is 0.528. The van der Waals surface area contributed by atoms with Crippen molar-refractivity contribution in [2.45, 2.75) is 0 Å². The van der Waals surface area contributed by atoms with Crippen LogP contribution < -0.4 is 4.74 Å². The minimum atomic E-state index is -0.726. The molecule has 0 amide bonds. The summed E-state index contributed by atoms with van der Waals surface area (Å²) in [6, 6.07) is 6.15. The van der Waals surface area contributed by atoms with Crippen LogP contribution >= 0.6 is 11.6 Å². The summed E-state index contributed by atoms with van der Waals surface area (Å²) in [4.78, 5) is 24.5. The molecule has 0 fully saturated rings. The van der Waals surface area contributed by atoms with Gasteiger partial charge in [-0.15, -0.1) is 0 Å². The van der Waals surface area contributed by atoms with E-state index in [1.807, 2.05) is 0 Å². The van der Waals surface area contributed by atoms with Crippen LogP contribution in [0.4, 0.5) is 4.39 Å². The summed E-state index contributed by atoms with van der Waals surface area (Å²) in [5.41, 5.74) is 0.282. The number of aromatic nitrogens is 3. The molecule has 0 bridgehead atoms. The van der Waals surface area contributed by atoms with Crippen molar-refractivity contribution in [1.82, 2.24) is 15.0 Å². The molecule has 0 aliphatic rings. The second-order valence-electron chi connectivity index (χ2n) is 4.70. The van der Waals surface area contributed by atoms with E-state index in [-0.39, 0.29) is 33.5 Å². The van der Waals surface area contributed by atoms with Crippen LogP contribution in [0, 0.1) is 5.82 Å². The zero-order chi connectivity index (χ0) is 17.3. The van der Waals surface area contributed by atoms with Gasteiger partial charge >= 0.3 is 5.97 Å². The molecule has 0 aliphatic heterocycles. The van der Waals surface area contributed by atoms with E-state index in [9.17, 15) is 9.18 Å². The van der Waals surface area contributed by atoms with Gasteiger partial charge in [0.25, 0.3) is 0 Å². The van der Waals surface area contributed by atoms with Crippen LogP contribution in [0.5, 0.6) is 5.75 Å². The fourth-order valence-electron chi connectivity index (χ4n) is 2.23. The van der Waals surface area contributed by atoms with Crippen molar-refractivity contribution < 1.29 is 18.7 Å². The van der Waals surface area contributed by atoms with E-state index >= 15 is 0 Å². The van der Waals surface area contributed by atoms with Gasteiger partial charge in [0.1, 0.15) is 0 Å². The topological polar surface area (TPSA) is 74.2 Å². The average Bonchev–Trinajstić information content (AvgIpc) is 2.60. The first-order valence-corrected chi connectivity index (χ1v) is 7.18. The van der Waals surface area contributed by atoms with Crippen molar-refractivity contribution in [3.05, 3.63) is 47.0 Å². The first-order chi connectivity index (χ1) is 11.6. The predicted molar refractivity (Wildman–Crippen MR) is 85.6 cm³/mol. The molecular formula is C16H11ClFN3O3. The number of fused-ring (bicyclic) bond motifs is 1. The lowest BCUT2D eigenvalue weighted by Gasteiger charge is -2.10. The quantitative estimate of drug-likeness (QED) is 0.677. The lowest BCUT2D eigenvalue weighted by molar-refractivity contribution is 0.0596. The van der Waals surface area contributed by atoms with Crippen molar-refractivity contribution >= 4 is 28.6 Å². The average molecular weight is 348 g/mol. The highest BCUT2D eigenvalue weighted by molar-refractivity contribution is 6.32. The van der Waals surface area contributed by atoms with Gasteiger partial charge in [0, 0.05) is 6.20 Å². The number of esters is 1. The molecule has 2 heterocycles. The molecule has 0 aliphatic carbocycles. The maximum absolute atomic E-state index is 14.6. The maximum atomic E-state index is 14.6. The number of nitrogens with zero attached hydrogens (tertiary/aromatic N) is 3. The smallest absolute Gasteiger partial charge is 0.357 e. The van der Waals surface area contributed by atoms with Crippen LogP contribution in [0.15, 0.2) is 30.5 Å². The maximum Gasteiger partial charge on any atom is 0.357 e. The molecule has 3 aromatic rings. The monoisotopic (exact) mass is 347 g/mol. The first kappa shape index (κ1) is 16.1. The minimum absolute atomic E-state index is 0.00100. The number of pyridine rings is 1. The van der Waals surface area contributed by atoms with E-state index in [0.29, 0.717) is 5.39 Å². The Bertz CT molecular complexity index is 949. The number of benzene rings is 1. The molecule has 0 saturated carbocycles. The molecule has 1 aromatic carbocycles. The molecule has 0 spiro atoms. The number of ether oxygens (including phenoxy) is 2. The van der Waals surface area contributed by atoms with Crippen molar-refractivity contribution in [3.63, 3.8) is 0 Å². The van der Waals surface area contributed by atoms with Crippen molar-refractivity contribution in [2.75, 3.05) is 14.2 Å². The molecule has 6 nitrogen and oxygen atoms in total. The van der Waals surface area contributed by atoms with Gasteiger partial charge in [-0.05, 0) is 24.3 Å². The standard InChI is InChI=1S/C16H11ClFN3O3/c1-23-13-10(17)6-5-8(11(13)18)15-20-12(16(22)24-2)9-4-3-7-19-14(9)21-15/h3-7H,1-2H3. The van der Waals surface area contributed by atoms with E-state index in [0.717, 1.165) is 0 Å². The molecule has 0 N–H and O–H groups in total. The molecule has 0 unspecified atom stereocenters. The summed E-state index contributed by atoms with van der Waals surface area (Å²) in [7, 11) is 2.54. The Labute approximate surface area is 141 Å². The van der Waals surface area contributed by atoms with E-state index in [1.165, 1.54) is 32.5 Å². The fourth-order valence-corrected chi connectivity index (χ4v) is 2.45. The highest BCUT2D eigenvalue weighted by Crippen LogP contribution is 2.34. The molecule has 0 saturated heterocycles. The molecule has 24 heavy (non-hydrogen) atoms. The van der Waals surface area contributed by atoms with Crippen LogP contribution in [0.2, 0.25) is 5.02 Å². The summed E-state index contributed by atoms with van der Waals surface area (Å²) in [6.07, 6.45) is 1.51. The Morgan fingerprint density at radius 3 is 2.71 bits per heavy atom. The number of hydrogen-bond acceptors (Lipinski definition) is 6. The Balaban J connectivity index is 2.30. The van der Waals surface area contributed by atoms with Gasteiger partial charge in [-0.2, -0.15) is 0 Å². The number of rotatable bonds is 3. The Morgan fingerprint density at radius 2 is 2.00 bits per heavy atom. The number of carbonyl (C=O) groups is 1. The zero-order valence-electron chi connectivity index (χ0n) is 12.7. The van der Waals surface area contributed by atoms with E-state index in [2.05, 4.69) is 15.0 Å². The third-order valence-electron chi connectivity index (χ3n) is 3.34. The Morgan fingerprint density at radius 1 is 1.21 bits per heavy atom. The zero-order valence-corrected chi connectivity index (χ0v) is 13.5. The molecule has 0 atom stereocenters. The summed E-state index contributed by atoms with van der Waals surface area (Å²) < 4.78 is 24.3. The predicted octanol–water partition coefficient (Wildman–Crippen LogP) is 3.28. The van der Waals surface area contributed by atoms with Gasteiger partial charge in [0.2, 0.25) is 0 Å². The van der Waals surface area contributed by atoms with E-state index in [1.54, 1.807) is 12.1 Å². The molecule has 122 valence electrons. The Kier molecular flexibility index (Phi) is 4.26. The highest BCUT2D eigenvalue weighted by atomic mass is 35.5. The molecule has 0 radical (unpaired) electrons. The van der Waals surface area contributed by atoms with Crippen molar-refractivity contribution in [2.24, 2.45) is 0 Å². The fraction of sp³-hybridized carbons (Fsp3) is 0.125. The van der Waals surface area contributed by atoms with Crippen LogP contribution in [0.3, 0.4) is 0 Å². The van der Waals surface area contributed by atoms with Gasteiger partial charge in [-0.3, -0.25) is 0 Å². The second kappa shape index (κ2) is 6.37. The number of halogens is 2. The molecular weight excluding hydrogens is 337 g/mol. The SMILES string of the molecule is COC(=O)c1nc(-c2ccc(Cl)c(OC)c2F)nc2ncccc12. The number of carbonyl (C=O) groups excluding carboxylic acids is 1. The van der Waals surface area contributed by atoms with Crippen LogP contribution in [-0.2, 0) is 4.74 Å².